The van der Waals surface area contributed by atoms with Gasteiger partial charge in [-0.15, -0.1) is 0 Å². The number of amides is 1. The van der Waals surface area contributed by atoms with Crippen LogP contribution in [0.15, 0.2) is 36.4 Å². The van der Waals surface area contributed by atoms with Crippen LogP contribution >= 0.6 is 34.8 Å². The topological polar surface area (TPSA) is 46.2 Å². The van der Waals surface area contributed by atoms with E-state index in [-0.39, 0.29) is 5.78 Å². The van der Waals surface area contributed by atoms with Crippen molar-refractivity contribution in [1.29, 1.82) is 0 Å². The summed E-state index contributed by atoms with van der Waals surface area (Å²) in [4.78, 5) is 24.0. The van der Waals surface area contributed by atoms with E-state index in [2.05, 4.69) is 5.32 Å². The maximum Gasteiger partial charge on any atom is 0.276 e. The zero-order chi connectivity index (χ0) is 16.3. The monoisotopic (exact) mass is 347 g/mol. The summed E-state index contributed by atoms with van der Waals surface area (Å²) < 4.78 is -2.10. The highest BCUT2D eigenvalue weighted by Gasteiger charge is 2.31. The van der Waals surface area contributed by atoms with Crippen molar-refractivity contribution in [3.8, 4) is 0 Å². The Hall–Kier alpha value is -1.03. The van der Waals surface area contributed by atoms with Crippen LogP contribution in [0.3, 0.4) is 0 Å². The number of halogens is 3. The van der Waals surface area contributed by atoms with Crippen LogP contribution in [-0.2, 0) is 9.59 Å². The predicted molar refractivity (Wildman–Crippen MR) is 87.3 cm³/mol. The van der Waals surface area contributed by atoms with Crippen molar-refractivity contribution < 1.29 is 9.59 Å². The fourth-order valence-corrected chi connectivity index (χ4v) is 1.49. The lowest BCUT2D eigenvalue weighted by atomic mass is 9.90. The maximum absolute atomic E-state index is 12.2. The van der Waals surface area contributed by atoms with Crippen molar-refractivity contribution in [3.05, 3.63) is 42.0 Å². The molecule has 1 rings (SSSR count). The van der Waals surface area contributed by atoms with E-state index in [0.717, 1.165) is 0 Å². The molecule has 0 fully saturated rings. The summed E-state index contributed by atoms with van der Waals surface area (Å²) in [5.41, 5.74) is 0.370. The number of allylic oxidation sites excluding steroid dienone is 1. The number of hydrogen-bond donors (Lipinski definition) is 1. The molecule has 0 unspecified atom stereocenters. The lowest BCUT2D eigenvalue weighted by Gasteiger charge is -2.18. The minimum atomic E-state index is -2.10. The molecule has 1 N–H and O–H groups in total. The van der Waals surface area contributed by atoms with E-state index >= 15 is 0 Å². The zero-order valence-corrected chi connectivity index (χ0v) is 14.2. The molecule has 0 heterocycles. The van der Waals surface area contributed by atoms with Gasteiger partial charge in [0.15, 0.2) is 5.78 Å². The molecule has 0 aliphatic carbocycles. The van der Waals surface area contributed by atoms with Gasteiger partial charge in [-0.25, -0.2) is 0 Å². The standard InChI is InChI=1S/C15H16Cl3NO2/c1-14(2,3)12(20)9-11(10-7-5-4-6-8-10)19-13(21)15(16,17)18/h4-9H,1-3H3,(H,19,21)/b11-9-. The van der Waals surface area contributed by atoms with Gasteiger partial charge in [-0.2, -0.15) is 0 Å². The van der Waals surface area contributed by atoms with E-state index in [1.807, 2.05) is 6.07 Å². The fraction of sp³-hybridized carbons (Fsp3) is 0.333. The Morgan fingerprint density at radius 3 is 2.00 bits per heavy atom. The van der Waals surface area contributed by atoms with Crippen molar-refractivity contribution in [1.82, 2.24) is 5.32 Å². The number of ketones is 1. The first-order chi connectivity index (χ1) is 9.51. The number of rotatable bonds is 3. The van der Waals surface area contributed by atoms with Gasteiger partial charge in [0, 0.05) is 11.5 Å². The Morgan fingerprint density at radius 1 is 1.05 bits per heavy atom. The summed E-state index contributed by atoms with van der Waals surface area (Å²) in [5.74, 6) is -0.963. The molecule has 1 aromatic carbocycles. The molecule has 0 atom stereocenters. The molecule has 0 bridgehead atoms. The third kappa shape index (κ3) is 5.70. The molecule has 0 spiro atoms. The minimum absolute atomic E-state index is 0.147. The molecule has 0 saturated carbocycles. The van der Waals surface area contributed by atoms with E-state index in [1.54, 1.807) is 45.0 Å². The SMILES string of the molecule is CC(C)(C)C(=O)/C=C(\NC(=O)C(Cl)(Cl)Cl)c1ccccc1. The van der Waals surface area contributed by atoms with Crippen molar-refractivity contribution >= 4 is 52.2 Å². The molecule has 0 aliphatic heterocycles. The number of nitrogens with one attached hydrogen (secondary N) is 1. The summed E-state index contributed by atoms with van der Waals surface area (Å²) in [7, 11) is 0. The molecule has 1 amide bonds. The number of alkyl halides is 3. The Kier molecular flexibility index (Phi) is 5.85. The number of hydrogen-bond acceptors (Lipinski definition) is 2. The van der Waals surface area contributed by atoms with E-state index in [1.165, 1.54) is 6.08 Å². The largest absolute Gasteiger partial charge is 0.322 e. The van der Waals surface area contributed by atoms with Crippen molar-refractivity contribution in [2.24, 2.45) is 5.41 Å². The third-order valence-corrected chi connectivity index (χ3v) is 3.12. The van der Waals surface area contributed by atoms with E-state index in [9.17, 15) is 9.59 Å². The molecule has 1 aromatic rings. The van der Waals surface area contributed by atoms with Crippen LogP contribution in [-0.4, -0.2) is 15.5 Å². The van der Waals surface area contributed by atoms with Gasteiger partial charge in [0.1, 0.15) is 0 Å². The first-order valence-corrected chi connectivity index (χ1v) is 7.35. The van der Waals surface area contributed by atoms with Gasteiger partial charge < -0.3 is 5.32 Å². The summed E-state index contributed by atoms with van der Waals surface area (Å²) in [6.07, 6.45) is 1.35. The van der Waals surface area contributed by atoms with Crippen LogP contribution in [0, 0.1) is 5.41 Å². The smallest absolute Gasteiger partial charge is 0.276 e. The molecule has 0 aliphatic rings. The fourth-order valence-electron chi connectivity index (χ4n) is 1.35. The minimum Gasteiger partial charge on any atom is -0.322 e. The molecule has 0 saturated heterocycles. The summed E-state index contributed by atoms with van der Waals surface area (Å²) in [6, 6.07) is 8.89. The van der Waals surface area contributed by atoms with Gasteiger partial charge in [-0.1, -0.05) is 85.9 Å². The average molecular weight is 349 g/mol. The van der Waals surface area contributed by atoms with Crippen molar-refractivity contribution in [2.45, 2.75) is 24.6 Å². The molecular weight excluding hydrogens is 333 g/mol. The van der Waals surface area contributed by atoms with Crippen molar-refractivity contribution in [3.63, 3.8) is 0 Å². The average Bonchev–Trinajstić information content (AvgIpc) is 2.36. The molecule has 3 nitrogen and oxygen atoms in total. The highest BCUT2D eigenvalue weighted by Crippen LogP contribution is 2.27. The van der Waals surface area contributed by atoms with Crippen LogP contribution in [0.4, 0.5) is 0 Å². The molecule has 0 aromatic heterocycles. The first kappa shape index (κ1) is 18.0. The molecule has 6 heteroatoms. The second-order valence-corrected chi connectivity index (χ2v) is 7.77. The number of carbonyl (C=O) groups is 2. The Balaban J connectivity index is 3.17. The second-order valence-electron chi connectivity index (χ2n) is 5.49. The van der Waals surface area contributed by atoms with Crippen LogP contribution in [0.2, 0.25) is 0 Å². The number of benzene rings is 1. The van der Waals surface area contributed by atoms with E-state index in [0.29, 0.717) is 11.3 Å². The Labute approximate surface area is 139 Å². The van der Waals surface area contributed by atoms with E-state index < -0.39 is 15.1 Å². The quantitative estimate of drug-likeness (QED) is 0.659. The lowest BCUT2D eigenvalue weighted by molar-refractivity contribution is -0.121. The molecule has 21 heavy (non-hydrogen) atoms. The number of carbonyl (C=O) groups excluding carboxylic acids is 2. The molecule has 114 valence electrons. The van der Waals surface area contributed by atoms with Gasteiger partial charge in [-0.05, 0) is 5.56 Å². The lowest BCUT2D eigenvalue weighted by Crippen LogP contribution is -2.34. The normalized spacial score (nSPS) is 13.0. The maximum atomic E-state index is 12.2. The van der Waals surface area contributed by atoms with Crippen LogP contribution < -0.4 is 5.32 Å². The van der Waals surface area contributed by atoms with Gasteiger partial charge in [0.25, 0.3) is 9.70 Å². The Bertz CT molecular complexity index is 555. The van der Waals surface area contributed by atoms with Gasteiger partial charge >= 0.3 is 0 Å². The van der Waals surface area contributed by atoms with Gasteiger partial charge in [0.05, 0.1) is 5.70 Å². The zero-order valence-electron chi connectivity index (χ0n) is 11.9. The van der Waals surface area contributed by atoms with Crippen LogP contribution in [0.25, 0.3) is 5.70 Å². The van der Waals surface area contributed by atoms with Crippen LogP contribution in [0.1, 0.15) is 26.3 Å². The second kappa shape index (κ2) is 6.82. The van der Waals surface area contributed by atoms with Crippen molar-refractivity contribution in [2.75, 3.05) is 0 Å². The summed E-state index contributed by atoms with van der Waals surface area (Å²) >= 11 is 16.6. The highest BCUT2D eigenvalue weighted by molar-refractivity contribution is 6.76. The highest BCUT2D eigenvalue weighted by atomic mass is 35.6. The van der Waals surface area contributed by atoms with E-state index in [4.69, 9.17) is 34.8 Å². The third-order valence-electron chi connectivity index (χ3n) is 2.61. The summed E-state index contributed by atoms with van der Waals surface area (Å²) in [5, 5.41) is 2.48. The predicted octanol–water partition coefficient (Wildman–Crippen LogP) is 4.13. The first-order valence-electron chi connectivity index (χ1n) is 6.21. The Morgan fingerprint density at radius 2 is 1.57 bits per heavy atom. The van der Waals surface area contributed by atoms with Gasteiger partial charge in [0.2, 0.25) is 0 Å². The molecular formula is C15H16Cl3NO2. The van der Waals surface area contributed by atoms with Gasteiger partial charge in [-0.3, -0.25) is 9.59 Å². The molecule has 0 radical (unpaired) electrons. The van der Waals surface area contributed by atoms with Crippen LogP contribution in [0.5, 0.6) is 0 Å². The summed E-state index contributed by atoms with van der Waals surface area (Å²) in [6.45, 7) is 5.35.